The average molecular weight is 381 g/mol. The van der Waals surface area contributed by atoms with E-state index in [1.165, 1.54) is 11.1 Å². The smallest absolute Gasteiger partial charge is 0.285 e. The number of hydrogen-bond donors (Lipinski definition) is 0. The molecular weight excluding hydrogens is 358 g/mol. The number of piperazine rings is 1. The minimum atomic E-state index is -0.462. The van der Waals surface area contributed by atoms with Crippen molar-refractivity contribution in [2.75, 3.05) is 32.8 Å². The molecule has 2 aliphatic heterocycles. The number of ether oxygens (including phenoxy) is 1. The molecule has 7 nitrogen and oxygen atoms in total. The highest BCUT2D eigenvalue weighted by Crippen LogP contribution is 2.27. The van der Waals surface area contributed by atoms with Crippen LogP contribution in [0.4, 0.5) is 5.69 Å². The minimum Gasteiger partial charge on any atom is -0.493 e. The second-order valence-electron chi connectivity index (χ2n) is 7.34. The topological polar surface area (TPSA) is 75.9 Å². The SMILES string of the molecule is Cc1cccc(C(=O)N2CCN(Cc3ccc4c(c3)CCO4)CC2)c1[N+](=O)[O-]. The molecule has 0 unspecified atom stereocenters. The van der Waals surface area contributed by atoms with E-state index in [-0.39, 0.29) is 17.2 Å². The number of rotatable bonds is 4. The molecule has 0 saturated carbocycles. The van der Waals surface area contributed by atoms with Crippen molar-refractivity contribution in [1.29, 1.82) is 0 Å². The molecule has 0 aliphatic carbocycles. The molecule has 2 aromatic carbocycles. The number of nitro benzene ring substituents is 1. The summed E-state index contributed by atoms with van der Waals surface area (Å²) in [6.45, 7) is 5.88. The van der Waals surface area contributed by atoms with E-state index in [1.807, 2.05) is 6.07 Å². The molecule has 4 rings (SSSR count). The number of carbonyl (C=O) groups is 1. The van der Waals surface area contributed by atoms with Crippen LogP contribution in [-0.4, -0.2) is 53.4 Å². The van der Waals surface area contributed by atoms with E-state index in [0.29, 0.717) is 18.7 Å². The number of para-hydroxylation sites is 1. The fourth-order valence-electron chi connectivity index (χ4n) is 3.95. The highest BCUT2D eigenvalue weighted by molar-refractivity contribution is 5.98. The molecule has 2 aromatic rings. The number of amides is 1. The Bertz CT molecular complexity index is 920. The van der Waals surface area contributed by atoms with E-state index in [9.17, 15) is 14.9 Å². The zero-order valence-corrected chi connectivity index (χ0v) is 15.9. The van der Waals surface area contributed by atoms with Crippen molar-refractivity contribution >= 4 is 11.6 Å². The van der Waals surface area contributed by atoms with Gasteiger partial charge in [0.25, 0.3) is 11.6 Å². The maximum atomic E-state index is 12.9. The number of benzene rings is 2. The van der Waals surface area contributed by atoms with Crippen LogP contribution in [0.25, 0.3) is 0 Å². The van der Waals surface area contributed by atoms with Gasteiger partial charge in [0.1, 0.15) is 11.3 Å². The quantitative estimate of drug-likeness (QED) is 0.601. The van der Waals surface area contributed by atoms with Crippen LogP contribution in [-0.2, 0) is 13.0 Å². The van der Waals surface area contributed by atoms with Crippen LogP contribution in [0.3, 0.4) is 0 Å². The molecule has 0 radical (unpaired) electrons. The normalized spacial score (nSPS) is 16.5. The van der Waals surface area contributed by atoms with Crippen LogP contribution >= 0.6 is 0 Å². The van der Waals surface area contributed by atoms with Gasteiger partial charge in [0.2, 0.25) is 0 Å². The molecular formula is C21H23N3O4. The van der Waals surface area contributed by atoms with Crippen molar-refractivity contribution in [2.24, 2.45) is 0 Å². The summed E-state index contributed by atoms with van der Waals surface area (Å²) in [5, 5.41) is 11.4. The molecule has 0 atom stereocenters. The lowest BCUT2D eigenvalue weighted by Crippen LogP contribution is -2.48. The molecule has 146 valence electrons. The Balaban J connectivity index is 1.40. The molecule has 0 spiro atoms. The molecule has 28 heavy (non-hydrogen) atoms. The van der Waals surface area contributed by atoms with Crippen LogP contribution in [0.15, 0.2) is 36.4 Å². The monoisotopic (exact) mass is 381 g/mol. The maximum Gasteiger partial charge on any atom is 0.285 e. The summed E-state index contributed by atoms with van der Waals surface area (Å²) in [6.07, 6.45) is 0.959. The molecule has 0 N–H and O–H groups in total. The van der Waals surface area contributed by atoms with Gasteiger partial charge in [-0.15, -0.1) is 0 Å². The third-order valence-electron chi connectivity index (χ3n) is 5.47. The summed E-state index contributed by atoms with van der Waals surface area (Å²) in [7, 11) is 0. The van der Waals surface area contributed by atoms with Crippen molar-refractivity contribution in [3.63, 3.8) is 0 Å². The summed E-state index contributed by atoms with van der Waals surface area (Å²) in [5.74, 6) is 0.726. The second kappa shape index (κ2) is 7.59. The first kappa shape index (κ1) is 18.4. The van der Waals surface area contributed by atoms with Gasteiger partial charge in [-0.1, -0.05) is 24.3 Å². The number of fused-ring (bicyclic) bond motifs is 1. The third-order valence-corrected chi connectivity index (χ3v) is 5.47. The average Bonchev–Trinajstić information content (AvgIpc) is 3.15. The second-order valence-corrected chi connectivity index (χ2v) is 7.34. The summed E-state index contributed by atoms with van der Waals surface area (Å²) >= 11 is 0. The fraction of sp³-hybridized carbons (Fsp3) is 0.381. The van der Waals surface area contributed by atoms with E-state index < -0.39 is 4.92 Å². The van der Waals surface area contributed by atoms with Gasteiger partial charge in [0.05, 0.1) is 11.5 Å². The predicted octanol–water partition coefficient (Wildman–Crippen LogP) is 2.80. The number of nitro groups is 1. The van der Waals surface area contributed by atoms with E-state index in [1.54, 1.807) is 30.0 Å². The Kier molecular flexibility index (Phi) is 5.00. The van der Waals surface area contributed by atoms with Gasteiger partial charge >= 0.3 is 0 Å². The molecule has 0 bridgehead atoms. The van der Waals surface area contributed by atoms with Gasteiger partial charge < -0.3 is 9.64 Å². The van der Waals surface area contributed by atoms with Crippen molar-refractivity contribution < 1.29 is 14.5 Å². The van der Waals surface area contributed by atoms with E-state index in [0.717, 1.165) is 38.4 Å². The summed E-state index contributed by atoms with van der Waals surface area (Å²) in [6, 6.07) is 11.2. The van der Waals surface area contributed by atoms with Crippen LogP contribution in [0.1, 0.15) is 27.0 Å². The van der Waals surface area contributed by atoms with Gasteiger partial charge in [0.15, 0.2) is 0 Å². The van der Waals surface area contributed by atoms with E-state index >= 15 is 0 Å². The summed E-state index contributed by atoms with van der Waals surface area (Å²) in [4.78, 5) is 27.8. The Labute approximate surface area is 163 Å². The molecule has 7 heteroatoms. The first-order valence-corrected chi connectivity index (χ1v) is 9.53. The Morgan fingerprint density at radius 3 is 2.71 bits per heavy atom. The van der Waals surface area contributed by atoms with Crippen molar-refractivity contribution in [3.8, 4) is 5.75 Å². The molecule has 1 saturated heterocycles. The fourth-order valence-corrected chi connectivity index (χ4v) is 3.95. The summed E-state index contributed by atoms with van der Waals surface area (Å²) in [5.41, 5.74) is 3.11. The number of carbonyl (C=O) groups excluding carboxylic acids is 1. The minimum absolute atomic E-state index is 0.0877. The lowest BCUT2D eigenvalue weighted by Gasteiger charge is -2.34. The first-order valence-electron chi connectivity index (χ1n) is 9.53. The molecule has 1 fully saturated rings. The molecule has 2 aliphatic rings. The van der Waals surface area contributed by atoms with E-state index in [2.05, 4.69) is 17.0 Å². The van der Waals surface area contributed by atoms with Gasteiger partial charge in [-0.25, -0.2) is 0 Å². The van der Waals surface area contributed by atoms with Gasteiger partial charge in [-0.2, -0.15) is 0 Å². The van der Waals surface area contributed by atoms with Crippen LogP contribution in [0.2, 0.25) is 0 Å². The molecule has 0 aromatic heterocycles. The number of aryl methyl sites for hydroxylation is 1. The zero-order valence-electron chi connectivity index (χ0n) is 15.9. The highest BCUT2D eigenvalue weighted by Gasteiger charge is 2.28. The Morgan fingerprint density at radius 1 is 1.18 bits per heavy atom. The van der Waals surface area contributed by atoms with Crippen molar-refractivity contribution in [1.82, 2.24) is 9.80 Å². The number of hydrogen-bond acceptors (Lipinski definition) is 5. The van der Waals surface area contributed by atoms with Crippen LogP contribution in [0, 0.1) is 17.0 Å². The zero-order chi connectivity index (χ0) is 19.7. The largest absolute Gasteiger partial charge is 0.493 e. The Morgan fingerprint density at radius 2 is 1.96 bits per heavy atom. The lowest BCUT2D eigenvalue weighted by atomic mass is 10.1. The third kappa shape index (κ3) is 3.57. The standard InChI is InChI=1S/C21H23N3O4/c1-15-3-2-4-18(20(15)24(26)27)21(25)23-10-8-22(9-11-23)14-16-5-6-19-17(13-16)7-12-28-19/h2-6,13H,7-12,14H2,1H3. The molecule has 1 amide bonds. The lowest BCUT2D eigenvalue weighted by molar-refractivity contribution is -0.385. The first-order chi connectivity index (χ1) is 13.5. The van der Waals surface area contributed by atoms with Gasteiger partial charge in [-0.05, 0) is 30.2 Å². The number of nitrogens with zero attached hydrogens (tertiary/aromatic N) is 3. The highest BCUT2D eigenvalue weighted by atomic mass is 16.6. The van der Waals surface area contributed by atoms with E-state index in [4.69, 9.17) is 4.74 Å². The van der Waals surface area contributed by atoms with Crippen LogP contribution in [0.5, 0.6) is 5.75 Å². The summed E-state index contributed by atoms with van der Waals surface area (Å²) < 4.78 is 5.55. The predicted molar refractivity (Wildman–Crippen MR) is 105 cm³/mol. The van der Waals surface area contributed by atoms with Gasteiger partial charge in [0, 0.05) is 44.7 Å². The van der Waals surface area contributed by atoms with Crippen molar-refractivity contribution in [3.05, 3.63) is 68.8 Å². The Hall–Kier alpha value is -2.93. The van der Waals surface area contributed by atoms with Gasteiger partial charge in [-0.3, -0.25) is 19.8 Å². The van der Waals surface area contributed by atoms with Crippen molar-refractivity contribution in [2.45, 2.75) is 19.9 Å². The molecule has 2 heterocycles. The van der Waals surface area contributed by atoms with Crippen LogP contribution < -0.4 is 4.74 Å². The maximum absolute atomic E-state index is 12.9.